The number of sulfonamides is 1. The number of methoxy groups -OCH3 is 1. The monoisotopic (exact) mass is 449 g/mol. The van der Waals surface area contributed by atoms with Gasteiger partial charge in [-0.25, -0.2) is 12.8 Å². The van der Waals surface area contributed by atoms with Gasteiger partial charge in [0, 0.05) is 18.7 Å². The molecule has 2 aromatic rings. The smallest absolute Gasteiger partial charge is 0.309 e. The number of nitrogens with zero attached hydrogens (tertiary/aromatic N) is 1. The first-order valence-corrected chi connectivity index (χ1v) is 11.3. The van der Waals surface area contributed by atoms with Gasteiger partial charge in [0.25, 0.3) is 0 Å². The largest absolute Gasteiger partial charge is 0.497 e. The van der Waals surface area contributed by atoms with E-state index in [0.717, 1.165) is 0 Å². The van der Waals surface area contributed by atoms with Crippen LogP contribution in [0.25, 0.3) is 0 Å². The number of benzene rings is 2. The van der Waals surface area contributed by atoms with E-state index in [0.29, 0.717) is 18.6 Å². The molecule has 2 aromatic carbocycles. The Morgan fingerprint density at radius 2 is 1.61 bits per heavy atom. The number of hydrogen-bond acceptors (Lipinski definition) is 6. The van der Waals surface area contributed by atoms with Crippen LogP contribution in [-0.2, 0) is 19.6 Å². The van der Waals surface area contributed by atoms with Crippen molar-refractivity contribution in [2.24, 2.45) is 5.92 Å². The van der Waals surface area contributed by atoms with Crippen molar-refractivity contribution < 1.29 is 31.9 Å². The average Bonchev–Trinajstić information content (AvgIpc) is 2.79. The van der Waals surface area contributed by atoms with E-state index in [-0.39, 0.29) is 23.5 Å². The van der Waals surface area contributed by atoms with Crippen LogP contribution in [-0.4, -0.2) is 50.8 Å². The first-order chi connectivity index (χ1) is 14.7. The van der Waals surface area contributed by atoms with E-state index in [9.17, 15) is 22.4 Å². The van der Waals surface area contributed by atoms with E-state index in [1.54, 1.807) is 12.1 Å². The van der Waals surface area contributed by atoms with Crippen molar-refractivity contribution in [3.05, 3.63) is 59.9 Å². The minimum absolute atomic E-state index is 0.160. The number of piperidine rings is 1. The SMILES string of the molecule is COc1ccc(S(=O)(=O)N2CCC(C(=O)OC(C)C(=O)c3ccc(F)cc3)CC2)cc1. The van der Waals surface area contributed by atoms with Gasteiger partial charge in [-0.3, -0.25) is 9.59 Å². The molecule has 0 spiro atoms. The molecule has 0 bridgehead atoms. The first-order valence-electron chi connectivity index (χ1n) is 9.87. The normalized spacial score (nSPS) is 16.5. The van der Waals surface area contributed by atoms with Crippen molar-refractivity contribution >= 4 is 21.8 Å². The van der Waals surface area contributed by atoms with E-state index in [1.807, 2.05) is 0 Å². The van der Waals surface area contributed by atoms with Gasteiger partial charge < -0.3 is 9.47 Å². The third-order valence-electron chi connectivity index (χ3n) is 5.28. The number of ketones is 1. The van der Waals surface area contributed by atoms with E-state index in [2.05, 4.69) is 0 Å². The fraction of sp³-hybridized carbons (Fsp3) is 0.364. The number of halogens is 1. The van der Waals surface area contributed by atoms with Crippen molar-refractivity contribution in [2.75, 3.05) is 20.2 Å². The van der Waals surface area contributed by atoms with Gasteiger partial charge >= 0.3 is 5.97 Å². The van der Waals surface area contributed by atoms with Gasteiger partial charge in [-0.15, -0.1) is 0 Å². The molecule has 1 fully saturated rings. The Bertz CT molecular complexity index is 1030. The highest BCUT2D eigenvalue weighted by atomic mass is 32.2. The molecule has 0 aliphatic carbocycles. The van der Waals surface area contributed by atoms with E-state index in [1.165, 1.54) is 54.7 Å². The predicted octanol–water partition coefficient (Wildman–Crippen LogP) is 3.05. The van der Waals surface area contributed by atoms with Crippen LogP contribution < -0.4 is 4.74 Å². The number of Topliss-reactive ketones (excluding diaryl/α,β-unsaturated/α-hetero) is 1. The molecule has 1 saturated heterocycles. The lowest BCUT2D eigenvalue weighted by atomic mass is 9.98. The Labute approximate surface area is 180 Å². The fourth-order valence-electron chi connectivity index (χ4n) is 3.40. The maximum atomic E-state index is 13.0. The molecule has 1 atom stereocenters. The lowest BCUT2D eigenvalue weighted by Gasteiger charge is -2.30. The lowest BCUT2D eigenvalue weighted by Crippen LogP contribution is -2.41. The molecular formula is C22H24FNO6S. The van der Waals surface area contributed by atoms with Crippen molar-refractivity contribution in [1.29, 1.82) is 0 Å². The van der Waals surface area contributed by atoms with Gasteiger partial charge in [-0.2, -0.15) is 4.31 Å². The summed E-state index contributed by atoms with van der Waals surface area (Å²) in [5, 5.41) is 0. The second-order valence-electron chi connectivity index (χ2n) is 7.30. The molecule has 0 N–H and O–H groups in total. The third kappa shape index (κ3) is 5.29. The highest BCUT2D eigenvalue weighted by molar-refractivity contribution is 7.89. The molecule has 7 nitrogen and oxygen atoms in total. The van der Waals surface area contributed by atoms with Gasteiger partial charge in [0.1, 0.15) is 11.6 Å². The highest BCUT2D eigenvalue weighted by Gasteiger charge is 2.34. The summed E-state index contributed by atoms with van der Waals surface area (Å²) in [5.74, 6) is -1.36. The second kappa shape index (κ2) is 9.57. The lowest BCUT2D eigenvalue weighted by molar-refractivity contribution is -0.152. The molecular weight excluding hydrogens is 425 g/mol. The fourth-order valence-corrected chi connectivity index (χ4v) is 4.87. The van der Waals surface area contributed by atoms with Crippen molar-refractivity contribution in [3.8, 4) is 5.75 Å². The van der Waals surface area contributed by atoms with E-state index in [4.69, 9.17) is 9.47 Å². The molecule has 9 heteroatoms. The molecule has 1 aliphatic heterocycles. The standard InChI is InChI=1S/C22H24FNO6S/c1-15(21(25)16-3-5-18(23)6-4-16)30-22(26)17-11-13-24(14-12-17)31(27,28)20-9-7-19(29-2)8-10-20/h3-10,15,17H,11-14H2,1-2H3. The summed E-state index contributed by atoms with van der Waals surface area (Å²) in [5.41, 5.74) is 0.252. The molecule has 166 valence electrons. The zero-order valence-corrected chi connectivity index (χ0v) is 18.1. The summed E-state index contributed by atoms with van der Waals surface area (Å²) in [4.78, 5) is 25.0. The van der Waals surface area contributed by atoms with Crippen molar-refractivity contribution in [3.63, 3.8) is 0 Å². The molecule has 0 aromatic heterocycles. The van der Waals surface area contributed by atoms with E-state index >= 15 is 0 Å². The second-order valence-corrected chi connectivity index (χ2v) is 9.24. The number of carbonyl (C=O) groups excluding carboxylic acids is 2. The summed E-state index contributed by atoms with van der Waals surface area (Å²) in [6.07, 6.45) is -0.420. The Morgan fingerprint density at radius 1 is 1.03 bits per heavy atom. The van der Waals surface area contributed by atoms with Crippen LogP contribution in [0.15, 0.2) is 53.4 Å². The minimum Gasteiger partial charge on any atom is -0.497 e. The van der Waals surface area contributed by atoms with Gasteiger partial charge in [0.2, 0.25) is 15.8 Å². The minimum atomic E-state index is -3.67. The quantitative estimate of drug-likeness (QED) is 0.477. The number of hydrogen-bond donors (Lipinski definition) is 0. The van der Waals surface area contributed by atoms with Crippen molar-refractivity contribution in [2.45, 2.75) is 30.8 Å². The average molecular weight is 450 g/mol. The summed E-state index contributed by atoms with van der Waals surface area (Å²) < 4.78 is 50.3. The first kappa shape index (κ1) is 22.9. The van der Waals surface area contributed by atoms with Gasteiger partial charge in [0.05, 0.1) is 17.9 Å². The molecule has 1 unspecified atom stereocenters. The Hall–Kier alpha value is -2.78. The van der Waals surface area contributed by atoms with Crippen LogP contribution in [0.1, 0.15) is 30.1 Å². The van der Waals surface area contributed by atoms with Gasteiger partial charge in [-0.05, 0) is 68.3 Å². The molecule has 3 rings (SSSR count). The topological polar surface area (TPSA) is 90.0 Å². The summed E-state index contributed by atoms with van der Waals surface area (Å²) in [6.45, 7) is 1.82. The van der Waals surface area contributed by atoms with Crippen LogP contribution in [0, 0.1) is 11.7 Å². The summed E-state index contributed by atoms with van der Waals surface area (Å²) >= 11 is 0. The molecule has 0 radical (unpaired) electrons. The Morgan fingerprint density at radius 3 is 2.16 bits per heavy atom. The van der Waals surface area contributed by atoms with Crippen LogP contribution in [0.3, 0.4) is 0 Å². The van der Waals surface area contributed by atoms with Crippen LogP contribution in [0.5, 0.6) is 5.75 Å². The zero-order chi connectivity index (χ0) is 22.6. The number of carbonyl (C=O) groups is 2. The molecule has 1 heterocycles. The van der Waals surface area contributed by atoms with Crippen LogP contribution >= 0.6 is 0 Å². The maximum Gasteiger partial charge on any atom is 0.309 e. The molecule has 0 amide bonds. The Kier molecular flexibility index (Phi) is 7.07. The third-order valence-corrected chi connectivity index (χ3v) is 7.19. The zero-order valence-electron chi connectivity index (χ0n) is 17.3. The van der Waals surface area contributed by atoms with E-state index < -0.39 is 39.6 Å². The molecule has 0 saturated carbocycles. The number of rotatable bonds is 7. The van der Waals surface area contributed by atoms with Crippen LogP contribution in [0.2, 0.25) is 0 Å². The number of ether oxygens (including phenoxy) is 2. The van der Waals surface area contributed by atoms with Crippen molar-refractivity contribution in [1.82, 2.24) is 4.31 Å². The summed E-state index contributed by atoms with van der Waals surface area (Å²) in [7, 11) is -2.17. The molecule has 1 aliphatic rings. The van der Waals surface area contributed by atoms with Gasteiger partial charge in [-0.1, -0.05) is 0 Å². The molecule has 31 heavy (non-hydrogen) atoms. The van der Waals surface area contributed by atoms with Crippen LogP contribution in [0.4, 0.5) is 4.39 Å². The maximum absolute atomic E-state index is 13.0. The number of esters is 1. The predicted molar refractivity (Wildman–Crippen MR) is 111 cm³/mol. The summed E-state index contributed by atoms with van der Waals surface area (Å²) in [6, 6.07) is 11.1. The van der Waals surface area contributed by atoms with Gasteiger partial charge in [0.15, 0.2) is 6.10 Å². The Balaban J connectivity index is 1.56. The highest BCUT2D eigenvalue weighted by Crippen LogP contribution is 2.26.